The predicted molar refractivity (Wildman–Crippen MR) is 80.1 cm³/mol. The van der Waals surface area contributed by atoms with Crippen molar-refractivity contribution < 1.29 is 4.79 Å². The molecule has 1 heterocycles. The number of hydrogen-bond acceptors (Lipinski definition) is 3. The first-order valence-electron chi connectivity index (χ1n) is 5.48. The molecule has 2 rings (SSSR count). The van der Waals surface area contributed by atoms with Gasteiger partial charge in [-0.1, -0.05) is 6.07 Å². The Kier molecular flexibility index (Phi) is 4.38. The summed E-state index contributed by atoms with van der Waals surface area (Å²) < 4.78 is 1.11. The summed E-state index contributed by atoms with van der Waals surface area (Å²) in [5.41, 5.74) is 1.80. The molecule has 0 saturated heterocycles. The summed E-state index contributed by atoms with van der Waals surface area (Å²) in [6.07, 6.45) is 0. The van der Waals surface area contributed by atoms with E-state index in [1.54, 1.807) is 11.3 Å². The molecule has 0 bridgehead atoms. The van der Waals surface area contributed by atoms with Gasteiger partial charge in [-0.25, -0.2) is 0 Å². The fraction of sp³-hybridized carbons (Fsp3) is 0.154. The zero-order valence-electron chi connectivity index (χ0n) is 9.87. The first-order valence-corrected chi connectivity index (χ1v) is 7.15. The summed E-state index contributed by atoms with van der Waals surface area (Å²) in [5, 5.41) is 8.15. The molecule has 0 atom stereocenters. The molecule has 0 radical (unpaired) electrons. The highest BCUT2D eigenvalue weighted by molar-refractivity contribution is 9.10. The van der Waals surface area contributed by atoms with Gasteiger partial charge in [0.1, 0.15) is 0 Å². The van der Waals surface area contributed by atoms with Crippen LogP contribution in [-0.2, 0) is 11.3 Å². The normalized spacial score (nSPS) is 10.1. The standard InChI is InChI=1S/C13H13BrN2OS/c1-9(17)16-12-4-2-3-11(6-12)15-7-13-5-10(14)8-18-13/h2-6,8,15H,7H2,1H3,(H,16,17). The number of anilines is 2. The summed E-state index contributed by atoms with van der Waals surface area (Å²) in [6, 6.07) is 9.78. The average molecular weight is 325 g/mol. The third-order valence-electron chi connectivity index (χ3n) is 2.27. The van der Waals surface area contributed by atoms with E-state index in [4.69, 9.17) is 0 Å². The highest BCUT2D eigenvalue weighted by atomic mass is 79.9. The third-order valence-corrected chi connectivity index (χ3v) is 3.97. The van der Waals surface area contributed by atoms with Gasteiger partial charge >= 0.3 is 0 Å². The molecule has 0 aliphatic carbocycles. The van der Waals surface area contributed by atoms with Crippen LogP contribution < -0.4 is 10.6 Å². The Balaban J connectivity index is 1.98. The number of nitrogens with one attached hydrogen (secondary N) is 2. The Hall–Kier alpha value is -1.33. The Morgan fingerprint density at radius 1 is 1.33 bits per heavy atom. The zero-order valence-corrected chi connectivity index (χ0v) is 12.3. The molecular weight excluding hydrogens is 312 g/mol. The lowest BCUT2D eigenvalue weighted by atomic mass is 10.2. The minimum Gasteiger partial charge on any atom is -0.380 e. The monoisotopic (exact) mass is 324 g/mol. The molecule has 0 spiro atoms. The van der Waals surface area contributed by atoms with Crippen LogP contribution in [-0.4, -0.2) is 5.91 Å². The van der Waals surface area contributed by atoms with Crippen LogP contribution in [0.3, 0.4) is 0 Å². The van der Waals surface area contributed by atoms with Crippen LogP contribution in [0.1, 0.15) is 11.8 Å². The molecule has 1 aromatic heterocycles. The Labute approximate surface area is 118 Å². The van der Waals surface area contributed by atoms with Crippen LogP contribution >= 0.6 is 27.3 Å². The minimum atomic E-state index is -0.0608. The van der Waals surface area contributed by atoms with Gasteiger partial charge in [-0.05, 0) is 40.2 Å². The van der Waals surface area contributed by atoms with Crippen LogP contribution in [0, 0.1) is 0 Å². The smallest absolute Gasteiger partial charge is 0.221 e. The maximum Gasteiger partial charge on any atom is 0.221 e. The highest BCUT2D eigenvalue weighted by Crippen LogP contribution is 2.21. The second-order valence-electron chi connectivity index (χ2n) is 3.85. The Morgan fingerprint density at radius 2 is 2.11 bits per heavy atom. The topological polar surface area (TPSA) is 41.1 Å². The van der Waals surface area contributed by atoms with E-state index in [-0.39, 0.29) is 5.91 Å². The molecular formula is C13H13BrN2OS. The van der Waals surface area contributed by atoms with Crippen molar-refractivity contribution in [3.63, 3.8) is 0 Å². The molecule has 2 N–H and O–H groups in total. The lowest BCUT2D eigenvalue weighted by Gasteiger charge is -2.07. The molecule has 1 aromatic carbocycles. The fourth-order valence-electron chi connectivity index (χ4n) is 1.55. The van der Waals surface area contributed by atoms with E-state index in [1.807, 2.05) is 24.3 Å². The summed E-state index contributed by atoms with van der Waals surface area (Å²) in [5.74, 6) is -0.0608. The SMILES string of the molecule is CC(=O)Nc1cccc(NCc2cc(Br)cs2)c1. The first kappa shape index (κ1) is 13.1. The van der Waals surface area contributed by atoms with Crippen molar-refractivity contribution in [2.24, 2.45) is 0 Å². The molecule has 3 nitrogen and oxygen atoms in total. The van der Waals surface area contributed by atoms with Crippen molar-refractivity contribution in [2.45, 2.75) is 13.5 Å². The number of thiophene rings is 1. The predicted octanol–water partition coefficient (Wildman–Crippen LogP) is 4.08. The first-order chi connectivity index (χ1) is 8.63. The number of benzene rings is 1. The Bertz CT molecular complexity index is 553. The van der Waals surface area contributed by atoms with Crippen molar-refractivity contribution in [2.75, 3.05) is 10.6 Å². The second kappa shape index (κ2) is 6.02. The van der Waals surface area contributed by atoms with E-state index < -0.39 is 0 Å². The number of amides is 1. The van der Waals surface area contributed by atoms with Gasteiger partial charge in [0.05, 0.1) is 0 Å². The van der Waals surface area contributed by atoms with Crippen LogP contribution in [0.4, 0.5) is 11.4 Å². The van der Waals surface area contributed by atoms with E-state index in [0.29, 0.717) is 0 Å². The van der Waals surface area contributed by atoms with E-state index in [0.717, 1.165) is 22.4 Å². The second-order valence-corrected chi connectivity index (χ2v) is 5.76. The van der Waals surface area contributed by atoms with Crippen molar-refractivity contribution in [1.82, 2.24) is 0 Å². The Morgan fingerprint density at radius 3 is 2.78 bits per heavy atom. The maximum absolute atomic E-state index is 11.0. The molecule has 5 heteroatoms. The minimum absolute atomic E-state index is 0.0608. The molecule has 0 aliphatic rings. The van der Waals surface area contributed by atoms with Gasteiger partial charge in [0.15, 0.2) is 0 Å². The molecule has 0 unspecified atom stereocenters. The van der Waals surface area contributed by atoms with Gasteiger partial charge in [0.2, 0.25) is 5.91 Å². The van der Waals surface area contributed by atoms with Crippen LogP contribution in [0.15, 0.2) is 40.2 Å². The lowest BCUT2D eigenvalue weighted by Crippen LogP contribution is -2.06. The van der Waals surface area contributed by atoms with Crippen molar-refractivity contribution >= 4 is 44.5 Å². The summed E-state index contributed by atoms with van der Waals surface area (Å²) in [6.45, 7) is 2.28. The molecule has 18 heavy (non-hydrogen) atoms. The van der Waals surface area contributed by atoms with Gasteiger partial charge in [0.25, 0.3) is 0 Å². The van der Waals surface area contributed by atoms with Gasteiger partial charge in [0, 0.05) is 39.6 Å². The van der Waals surface area contributed by atoms with E-state index >= 15 is 0 Å². The quantitative estimate of drug-likeness (QED) is 0.889. The molecule has 0 saturated carbocycles. The maximum atomic E-state index is 11.0. The van der Waals surface area contributed by atoms with Crippen molar-refractivity contribution in [3.05, 3.63) is 45.1 Å². The van der Waals surface area contributed by atoms with Crippen molar-refractivity contribution in [1.29, 1.82) is 0 Å². The van der Waals surface area contributed by atoms with E-state index in [9.17, 15) is 4.79 Å². The van der Waals surface area contributed by atoms with Crippen LogP contribution in [0.2, 0.25) is 0 Å². The molecule has 1 amide bonds. The zero-order chi connectivity index (χ0) is 13.0. The number of hydrogen-bond donors (Lipinski definition) is 2. The lowest BCUT2D eigenvalue weighted by molar-refractivity contribution is -0.114. The van der Waals surface area contributed by atoms with Gasteiger partial charge in [-0.15, -0.1) is 11.3 Å². The summed E-state index contributed by atoms with van der Waals surface area (Å²) >= 11 is 5.14. The summed E-state index contributed by atoms with van der Waals surface area (Å²) in [4.78, 5) is 12.2. The van der Waals surface area contributed by atoms with Crippen LogP contribution in [0.25, 0.3) is 0 Å². The van der Waals surface area contributed by atoms with Crippen LogP contribution in [0.5, 0.6) is 0 Å². The number of carbonyl (C=O) groups excluding carboxylic acids is 1. The average Bonchev–Trinajstić information content (AvgIpc) is 2.72. The third kappa shape index (κ3) is 3.85. The number of halogens is 1. The summed E-state index contributed by atoms with van der Waals surface area (Å²) in [7, 11) is 0. The molecule has 2 aromatic rings. The van der Waals surface area contributed by atoms with Gasteiger partial charge in [-0.2, -0.15) is 0 Å². The molecule has 94 valence electrons. The number of rotatable bonds is 4. The van der Waals surface area contributed by atoms with Gasteiger partial charge in [-0.3, -0.25) is 4.79 Å². The largest absolute Gasteiger partial charge is 0.380 e. The van der Waals surface area contributed by atoms with E-state index in [1.165, 1.54) is 11.8 Å². The van der Waals surface area contributed by atoms with Gasteiger partial charge < -0.3 is 10.6 Å². The number of carbonyl (C=O) groups is 1. The molecule has 0 fully saturated rings. The fourth-order valence-corrected chi connectivity index (χ4v) is 2.94. The highest BCUT2D eigenvalue weighted by Gasteiger charge is 2.00. The molecule has 0 aliphatic heterocycles. The van der Waals surface area contributed by atoms with E-state index in [2.05, 4.69) is 38.0 Å². The van der Waals surface area contributed by atoms with Crippen molar-refractivity contribution in [3.8, 4) is 0 Å².